The minimum Gasteiger partial charge on any atom is -0.308 e. The van der Waals surface area contributed by atoms with Crippen molar-refractivity contribution in [3.8, 4) is 0 Å². The number of hydrogen-bond acceptors (Lipinski definition) is 4. The highest BCUT2D eigenvalue weighted by molar-refractivity contribution is 7.99. The molecule has 0 amide bonds. The number of aryl methyl sites for hydroxylation is 1. The zero-order chi connectivity index (χ0) is 13.5. The van der Waals surface area contributed by atoms with Crippen LogP contribution in [0.25, 0.3) is 0 Å². The van der Waals surface area contributed by atoms with Crippen LogP contribution >= 0.6 is 11.8 Å². The highest BCUT2D eigenvalue weighted by atomic mass is 32.2. The Hall–Kier alpha value is -1.39. The molecule has 1 aromatic heterocycles. The van der Waals surface area contributed by atoms with Crippen molar-refractivity contribution in [3.05, 3.63) is 54.1 Å². The van der Waals surface area contributed by atoms with E-state index in [9.17, 15) is 0 Å². The molecule has 1 atom stereocenters. The molecule has 3 nitrogen and oxygen atoms in total. The summed E-state index contributed by atoms with van der Waals surface area (Å²) in [5.41, 5.74) is 2.30. The second kappa shape index (κ2) is 7.26. The van der Waals surface area contributed by atoms with E-state index in [1.165, 1.54) is 10.5 Å². The van der Waals surface area contributed by atoms with E-state index in [2.05, 4.69) is 53.4 Å². The molecule has 19 heavy (non-hydrogen) atoms. The van der Waals surface area contributed by atoms with Crippen LogP contribution in [0.4, 0.5) is 0 Å². The van der Waals surface area contributed by atoms with Crippen molar-refractivity contribution in [3.63, 3.8) is 0 Å². The third kappa shape index (κ3) is 4.33. The number of thioether (sulfide) groups is 1. The van der Waals surface area contributed by atoms with Crippen LogP contribution in [-0.4, -0.2) is 22.3 Å². The number of hydrogen-bond donors (Lipinski definition) is 1. The van der Waals surface area contributed by atoms with E-state index in [4.69, 9.17) is 0 Å². The van der Waals surface area contributed by atoms with Crippen LogP contribution in [0.1, 0.15) is 24.2 Å². The Balaban J connectivity index is 1.99. The lowest BCUT2D eigenvalue weighted by Crippen LogP contribution is -2.24. The fourth-order valence-electron chi connectivity index (χ4n) is 1.80. The van der Waals surface area contributed by atoms with E-state index < -0.39 is 0 Å². The third-order valence-corrected chi connectivity index (χ3v) is 3.93. The predicted octanol–water partition coefficient (Wildman–Crippen LogP) is 3.23. The molecule has 1 aromatic carbocycles. The largest absolute Gasteiger partial charge is 0.308 e. The van der Waals surface area contributed by atoms with Crippen LogP contribution in [0, 0.1) is 6.92 Å². The molecule has 0 saturated carbocycles. The van der Waals surface area contributed by atoms with E-state index in [-0.39, 0.29) is 6.04 Å². The summed E-state index contributed by atoms with van der Waals surface area (Å²) < 4.78 is 0. The lowest BCUT2D eigenvalue weighted by Gasteiger charge is -2.16. The van der Waals surface area contributed by atoms with Crippen molar-refractivity contribution >= 4 is 11.8 Å². The fourth-order valence-corrected chi connectivity index (χ4v) is 2.78. The summed E-state index contributed by atoms with van der Waals surface area (Å²) in [7, 11) is 0. The smallest absolute Gasteiger partial charge is 0.0764 e. The molecule has 4 heteroatoms. The number of benzene rings is 1. The molecule has 0 aliphatic carbocycles. The molecule has 0 saturated heterocycles. The summed E-state index contributed by atoms with van der Waals surface area (Å²) in [5.74, 6) is 0.954. The van der Waals surface area contributed by atoms with Gasteiger partial charge in [-0.3, -0.25) is 9.97 Å². The van der Waals surface area contributed by atoms with E-state index in [1.54, 1.807) is 12.4 Å². The topological polar surface area (TPSA) is 37.8 Å². The van der Waals surface area contributed by atoms with Gasteiger partial charge in [-0.1, -0.05) is 24.6 Å². The molecule has 1 N–H and O–H groups in total. The monoisotopic (exact) mass is 273 g/mol. The van der Waals surface area contributed by atoms with Gasteiger partial charge in [0.15, 0.2) is 0 Å². The maximum Gasteiger partial charge on any atom is 0.0764 e. The first-order valence-corrected chi connectivity index (χ1v) is 7.47. The maximum absolute atomic E-state index is 4.39. The minimum absolute atomic E-state index is 0.241. The van der Waals surface area contributed by atoms with Crippen LogP contribution in [0.2, 0.25) is 0 Å². The summed E-state index contributed by atoms with van der Waals surface area (Å²) in [6, 6.07) is 8.86. The first-order chi connectivity index (χ1) is 9.29. The molecule has 1 heterocycles. The van der Waals surface area contributed by atoms with Gasteiger partial charge in [0, 0.05) is 29.2 Å². The molecule has 0 bridgehead atoms. The van der Waals surface area contributed by atoms with Gasteiger partial charge < -0.3 is 5.32 Å². The average Bonchev–Trinajstić information content (AvgIpc) is 2.46. The Morgan fingerprint density at radius 2 is 2.00 bits per heavy atom. The van der Waals surface area contributed by atoms with Crippen molar-refractivity contribution < 1.29 is 0 Å². The lowest BCUT2D eigenvalue weighted by molar-refractivity contribution is 0.588. The molecule has 0 radical (unpaired) electrons. The van der Waals surface area contributed by atoms with Gasteiger partial charge in [0.05, 0.1) is 11.7 Å². The van der Waals surface area contributed by atoms with Crippen LogP contribution in [0.5, 0.6) is 0 Å². The van der Waals surface area contributed by atoms with E-state index in [0.717, 1.165) is 18.0 Å². The highest BCUT2D eigenvalue weighted by Crippen LogP contribution is 2.23. The molecule has 0 fully saturated rings. The lowest BCUT2D eigenvalue weighted by atomic mass is 10.2. The summed E-state index contributed by atoms with van der Waals surface area (Å²) in [6.45, 7) is 5.14. The summed E-state index contributed by atoms with van der Waals surface area (Å²) in [5, 5.41) is 3.46. The van der Waals surface area contributed by atoms with Crippen molar-refractivity contribution in [1.29, 1.82) is 0 Å². The van der Waals surface area contributed by atoms with Gasteiger partial charge >= 0.3 is 0 Å². The molecule has 100 valence electrons. The standard InChI is InChI=1S/C15H19N3S/c1-3-17-15(14-10-16-8-9-18-14)11-19-13-6-4-12(2)5-7-13/h4-10,15,17H,3,11H2,1-2H3. The Bertz CT molecular complexity index is 485. The number of nitrogens with zero attached hydrogens (tertiary/aromatic N) is 2. The predicted molar refractivity (Wildman–Crippen MR) is 80.4 cm³/mol. The van der Waals surface area contributed by atoms with Crippen molar-refractivity contribution in [2.75, 3.05) is 12.3 Å². The average molecular weight is 273 g/mol. The zero-order valence-corrected chi connectivity index (χ0v) is 12.2. The molecule has 1 unspecified atom stereocenters. The van der Waals surface area contributed by atoms with E-state index in [0.29, 0.717) is 0 Å². The van der Waals surface area contributed by atoms with Crippen molar-refractivity contribution in [2.45, 2.75) is 24.8 Å². The van der Waals surface area contributed by atoms with Gasteiger partial charge in [-0.2, -0.15) is 0 Å². The summed E-state index contributed by atoms with van der Waals surface area (Å²) >= 11 is 1.84. The van der Waals surface area contributed by atoms with Crippen LogP contribution < -0.4 is 5.32 Å². The van der Waals surface area contributed by atoms with Crippen LogP contribution in [-0.2, 0) is 0 Å². The second-order valence-corrected chi connectivity index (χ2v) is 5.46. The molecule has 0 spiro atoms. The normalized spacial score (nSPS) is 12.3. The molecule has 2 aromatic rings. The Morgan fingerprint density at radius 3 is 2.63 bits per heavy atom. The number of aromatic nitrogens is 2. The SMILES string of the molecule is CCNC(CSc1ccc(C)cc1)c1cnccn1. The number of nitrogens with one attached hydrogen (secondary N) is 1. The minimum atomic E-state index is 0.241. The number of rotatable bonds is 6. The van der Waals surface area contributed by atoms with Gasteiger partial charge in [0.2, 0.25) is 0 Å². The fraction of sp³-hybridized carbons (Fsp3) is 0.333. The first-order valence-electron chi connectivity index (χ1n) is 6.48. The maximum atomic E-state index is 4.39. The Labute approximate surface area is 118 Å². The van der Waals surface area contributed by atoms with Crippen LogP contribution in [0.15, 0.2) is 47.8 Å². The van der Waals surface area contributed by atoms with Gasteiger partial charge in [-0.15, -0.1) is 11.8 Å². The van der Waals surface area contributed by atoms with Gasteiger partial charge in [0.1, 0.15) is 0 Å². The molecular weight excluding hydrogens is 254 g/mol. The Kier molecular flexibility index (Phi) is 5.36. The van der Waals surface area contributed by atoms with Crippen LogP contribution in [0.3, 0.4) is 0 Å². The van der Waals surface area contributed by atoms with Gasteiger partial charge in [-0.05, 0) is 25.6 Å². The van der Waals surface area contributed by atoms with Gasteiger partial charge in [-0.25, -0.2) is 0 Å². The van der Waals surface area contributed by atoms with E-state index in [1.807, 2.05) is 18.0 Å². The highest BCUT2D eigenvalue weighted by Gasteiger charge is 2.12. The first kappa shape index (κ1) is 14.0. The molecule has 0 aliphatic heterocycles. The van der Waals surface area contributed by atoms with Crippen molar-refractivity contribution in [1.82, 2.24) is 15.3 Å². The van der Waals surface area contributed by atoms with Crippen molar-refractivity contribution in [2.24, 2.45) is 0 Å². The summed E-state index contributed by atoms with van der Waals surface area (Å²) in [6.07, 6.45) is 5.29. The Morgan fingerprint density at radius 1 is 1.21 bits per heavy atom. The second-order valence-electron chi connectivity index (χ2n) is 4.36. The third-order valence-electron chi connectivity index (χ3n) is 2.83. The molecular formula is C15H19N3S. The zero-order valence-electron chi connectivity index (χ0n) is 11.3. The quantitative estimate of drug-likeness (QED) is 0.820. The van der Waals surface area contributed by atoms with Gasteiger partial charge in [0.25, 0.3) is 0 Å². The summed E-state index contributed by atoms with van der Waals surface area (Å²) in [4.78, 5) is 9.82. The molecule has 0 aliphatic rings. The van der Waals surface area contributed by atoms with E-state index >= 15 is 0 Å². The molecule has 2 rings (SSSR count).